The van der Waals surface area contributed by atoms with Crippen molar-refractivity contribution in [2.45, 2.75) is 213 Å². The summed E-state index contributed by atoms with van der Waals surface area (Å²) in [7, 11) is 0. The van der Waals surface area contributed by atoms with E-state index >= 15 is 0 Å². The van der Waals surface area contributed by atoms with Gasteiger partial charge in [0.15, 0.2) is 6.10 Å². The zero-order valence-electron chi connectivity index (χ0n) is 38.7. The van der Waals surface area contributed by atoms with E-state index in [2.05, 4.69) is 75.5 Å². The molecule has 0 rings (SSSR count). The summed E-state index contributed by atoms with van der Waals surface area (Å²) >= 11 is 0. The van der Waals surface area contributed by atoms with E-state index in [-0.39, 0.29) is 44.0 Å². The molecule has 1 atom stereocenters. The molecule has 0 aliphatic rings. The standard InChI is InChI=1S/C54H88O6/c1-4-7-10-13-16-19-22-25-26-27-30-32-35-38-41-44-47-53(56)59-50-51(60-54(57)48-45-42-39-36-33-29-24-21-18-15-12-9-6-3)49-58-52(55)46-43-40-37-34-31-28-23-20-17-14-11-8-5-2/h9,12,15,18,21,24,26-33,37,40,51H,4-8,10-11,13-14,16-17,19-20,22-23,25,34-36,38-39,41-50H2,1-3H3/b12-9+,18-15+,24-21+,27-26+,31-28+,32-30+,33-29+,40-37+. The summed E-state index contributed by atoms with van der Waals surface area (Å²) in [4.78, 5) is 37.8. The third-order valence-electron chi connectivity index (χ3n) is 9.93. The lowest BCUT2D eigenvalue weighted by atomic mass is 10.1. The van der Waals surface area contributed by atoms with Crippen molar-refractivity contribution in [2.24, 2.45) is 0 Å². The van der Waals surface area contributed by atoms with Gasteiger partial charge in [-0.3, -0.25) is 14.4 Å². The molecule has 0 saturated heterocycles. The number of ether oxygens (including phenoxy) is 3. The van der Waals surface area contributed by atoms with Crippen LogP contribution in [-0.2, 0) is 28.6 Å². The van der Waals surface area contributed by atoms with Gasteiger partial charge in [0.25, 0.3) is 0 Å². The zero-order chi connectivity index (χ0) is 43.7. The van der Waals surface area contributed by atoms with E-state index in [1.807, 2.05) is 42.5 Å². The van der Waals surface area contributed by atoms with Crippen LogP contribution in [0.25, 0.3) is 0 Å². The maximum Gasteiger partial charge on any atom is 0.306 e. The highest BCUT2D eigenvalue weighted by Crippen LogP contribution is 2.12. The van der Waals surface area contributed by atoms with Crippen LogP contribution in [0.15, 0.2) is 97.2 Å². The smallest absolute Gasteiger partial charge is 0.306 e. The molecule has 1 unspecified atom stereocenters. The Balaban J connectivity index is 4.56. The predicted octanol–water partition coefficient (Wildman–Crippen LogP) is 15.8. The summed E-state index contributed by atoms with van der Waals surface area (Å²) < 4.78 is 16.6. The molecule has 0 saturated carbocycles. The van der Waals surface area contributed by atoms with Gasteiger partial charge in [-0.25, -0.2) is 0 Å². The molecule has 0 N–H and O–H groups in total. The van der Waals surface area contributed by atoms with Crippen molar-refractivity contribution in [3.63, 3.8) is 0 Å². The van der Waals surface area contributed by atoms with Crippen molar-refractivity contribution in [3.05, 3.63) is 97.2 Å². The minimum atomic E-state index is -0.831. The van der Waals surface area contributed by atoms with Gasteiger partial charge in [0.1, 0.15) is 13.2 Å². The molecule has 0 spiro atoms. The predicted molar refractivity (Wildman–Crippen MR) is 256 cm³/mol. The molecule has 340 valence electrons. The van der Waals surface area contributed by atoms with Gasteiger partial charge in [0, 0.05) is 19.3 Å². The maximum atomic E-state index is 12.7. The summed E-state index contributed by atoms with van der Waals surface area (Å²) in [5.41, 5.74) is 0. The van der Waals surface area contributed by atoms with Gasteiger partial charge < -0.3 is 14.2 Å². The summed E-state index contributed by atoms with van der Waals surface area (Å²) in [6.45, 7) is 6.35. The fraction of sp³-hybridized carbons (Fsp3) is 0.648. The second-order valence-corrected chi connectivity index (χ2v) is 15.8. The van der Waals surface area contributed by atoms with E-state index in [0.29, 0.717) is 19.3 Å². The maximum absolute atomic E-state index is 12.7. The quantitative estimate of drug-likeness (QED) is 0.0200. The first-order chi connectivity index (χ1) is 29.5. The largest absolute Gasteiger partial charge is 0.462 e. The monoisotopic (exact) mass is 833 g/mol. The molecule has 0 aliphatic heterocycles. The van der Waals surface area contributed by atoms with Crippen LogP contribution >= 0.6 is 0 Å². The number of hydrogen-bond donors (Lipinski definition) is 0. The van der Waals surface area contributed by atoms with Gasteiger partial charge >= 0.3 is 17.9 Å². The van der Waals surface area contributed by atoms with Crippen molar-refractivity contribution in [2.75, 3.05) is 13.2 Å². The molecule has 6 heteroatoms. The molecular weight excluding hydrogens is 745 g/mol. The SMILES string of the molecule is CC/C=C/C=C/C=C/C=C/CCCCCC(=O)OC(COC(=O)CC/C=C/C/C=C/CCCCCCCC)COC(=O)CCCCC/C=C/C=C/CCCCCCCCC. The van der Waals surface area contributed by atoms with Crippen molar-refractivity contribution >= 4 is 17.9 Å². The molecule has 0 aromatic carbocycles. The Kier molecular flexibility index (Phi) is 45.1. The van der Waals surface area contributed by atoms with E-state index in [4.69, 9.17) is 14.2 Å². The number of allylic oxidation sites excluding steroid dienone is 16. The minimum absolute atomic E-state index is 0.126. The van der Waals surface area contributed by atoms with Gasteiger partial charge in [-0.1, -0.05) is 201 Å². The number of rotatable bonds is 42. The first kappa shape index (κ1) is 56.3. The molecule has 0 heterocycles. The Bertz CT molecular complexity index is 1230. The van der Waals surface area contributed by atoms with Crippen molar-refractivity contribution in [1.29, 1.82) is 0 Å². The van der Waals surface area contributed by atoms with E-state index in [1.54, 1.807) is 0 Å². The minimum Gasteiger partial charge on any atom is -0.462 e. The van der Waals surface area contributed by atoms with Crippen LogP contribution in [0.5, 0.6) is 0 Å². The molecule has 0 bridgehead atoms. The topological polar surface area (TPSA) is 78.9 Å². The first-order valence-corrected chi connectivity index (χ1v) is 24.3. The second-order valence-electron chi connectivity index (χ2n) is 15.8. The number of carbonyl (C=O) groups excluding carboxylic acids is 3. The Morgan fingerprint density at radius 1 is 0.367 bits per heavy atom. The Morgan fingerprint density at radius 3 is 1.27 bits per heavy atom. The van der Waals surface area contributed by atoms with Crippen molar-refractivity contribution < 1.29 is 28.6 Å². The summed E-state index contributed by atoms with van der Waals surface area (Å²) in [5.74, 6) is -1.07. The van der Waals surface area contributed by atoms with Gasteiger partial charge in [-0.05, 0) is 83.5 Å². The fourth-order valence-electron chi connectivity index (χ4n) is 6.26. The molecule has 6 nitrogen and oxygen atoms in total. The lowest BCUT2D eigenvalue weighted by molar-refractivity contribution is -0.166. The van der Waals surface area contributed by atoms with Crippen LogP contribution in [0.2, 0.25) is 0 Å². The molecule has 0 amide bonds. The third kappa shape index (κ3) is 45.4. The Hall–Kier alpha value is -3.67. The number of carbonyl (C=O) groups is 3. The number of esters is 3. The van der Waals surface area contributed by atoms with Gasteiger partial charge in [0.2, 0.25) is 0 Å². The Morgan fingerprint density at radius 2 is 0.750 bits per heavy atom. The molecule has 0 radical (unpaired) electrons. The van der Waals surface area contributed by atoms with Crippen LogP contribution < -0.4 is 0 Å². The van der Waals surface area contributed by atoms with Gasteiger partial charge in [0.05, 0.1) is 0 Å². The van der Waals surface area contributed by atoms with Crippen molar-refractivity contribution in [1.82, 2.24) is 0 Å². The van der Waals surface area contributed by atoms with Crippen LogP contribution in [0.3, 0.4) is 0 Å². The average molecular weight is 833 g/mol. The van der Waals surface area contributed by atoms with Crippen LogP contribution in [-0.4, -0.2) is 37.2 Å². The van der Waals surface area contributed by atoms with E-state index < -0.39 is 6.10 Å². The van der Waals surface area contributed by atoms with E-state index in [9.17, 15) is 14.4 Å². The third-order valence-corrected chi connectivity index (χ3v) is 9.93. The highest BCUT2D eigenvalue weighted by molar-refractivity contribution is 5.71. The number of hydrogen-bond acceptors (Lipinski definition) is 6. The Labute approximate surface area is 368 Å². The fourth-order valence-corrected chi connectivity index (χ4v) is 6.26. The van der Waals surface area contributed by atoms with E-state index in [1.165, 1.54) is 83.5 Å². The highest BCUT2D eigenvalue weighted by Gasteiger charge is 2.19. The van der Waals surface area contributed by atoms with Crippen LogP contribution in [0, 0.1) is 0 Å². The lowest BCUT2D eigenvalue weighted by Gasteiger charge is -2.18. The summed E-state index contributed by atoms with van der Waals surface area (Å²) in [6, 6.07) is 0. The molecule has 0 fully saturated rings. The average Bonchev–Trinajstić information content (AvgIpc) is 3.24. The lowest BCUT2D eigenvalue weighted by Crippen LogP contribution is -2.30. The molecule has 0 aromatic heterocycles. The summed E-state index contributed by atoms with van der Waals surface area (Å²) in [5, 5.41) is 0. The van der Waals surface area contributed by atoms with Crippen molar-refractivity contribution in [3.8, 4) is 0 Å². The highest BCUT2D eigenvalue weighted by atomic mass is 16.6. The molecular formula is C54H88O6. The second kappa shape index (κ2) is 48.0. The zero-order valence-corrected chi connectivity index (χ0v) is 38.7. The first-order valence-electron chi connectivity index (χ1n) is 24.3. The summed E-state index contributed by atoms with van der Waals surface area (Å²) in [6.07, 6.45) is 62.6. The number of unbranched alkanes of at least 4 members (excludes halogenated alkanes) is 19. The van der Waals surface area contributed by atoms with Crippen LogP contribution in [0.1, 0.15) is 207 Å². The molecule has 0 aromatic rings. The van der Waals surface area contributed by atoms with Crippen LogP contribution in [0.4, 0.5) is 0 Å². The van der Waals surface area contributed by atoms with Gasteiger partial charge in [-0.2, -0.15) is 0 Å². The molecule has 0 aliphatic carbocycles. The van der Waals surface area contributed by atoms with E-state index in [0.717, 1.165) is 70.6 Å². The normalized spacial score (nSPS) is 12.9. The molecule has 60 heavy (non-hydrogen) atoms. The van der Waals surface area contributed by atoms with Gasteiger partial charge in [-0.15, -0.1) is 0 Å².